The van der Waals surface area contributed by atoms with Crippen molar-refractivity contribution in [1.82, 2.24) is 0 Å². The van der Waals surface area contributed by atoms with E-state index in [4.69, 9.17) is 0 Å². The second kappa shape index (κ2) is 44.5. The van der Waals surface area contributed by atoms with Crippen molar-refractivity contribution in [3.05, 3.63) is 4.91 Å². The SMILES string of the molecule is C[B]C([B]C)([B]C)CON=O.C[B]C([B]C)[B]C.[B]C.[B]C.[B]C.[B]C. The van der Waals surface area contributed by atoms with E-state index in [2.05, 4.69) is 83.9 Å². The highest BCUT2D eigenvalue weighted by molar-refractivity contribution is 6.79. The van der Waals surface area contributed by atoms with E-state index in [1.807, 2.05) is 42.3 Å². The fraction of sp³-hybridized carbons (Fsp3) is 1.00. The minimum Gasteiger partial charge on any atom is -0.366 e. The van der Waals surface area contributed by atoms with Crippen LogP contribution < -0.4 is 0 Å². The quantitative estimate of drug-likeness (QED) is 0.367. The van der Waals surface area contributed by atoms with Crippen molar-refractivity contribution in [3.8, 4) is 0 Å². The Bertz CT molecular complexity index is 186. The fourth-order valence-electron chi connectivity index (χ4n) is 1.47. The molecular formula is C13H33B10NO2. The topological polar surface area (TPSA) is 38.7 Å². The van der Waals surface area contributed by atoms with Crippen molar-refractivity contribution < 1.29 is 4.84 Å². The van der Waals surface area contributed by atoms with E-state index < -0.39 is 0 Å². The van der Waals surface area contributed by atoms with Gasteiger partial charge in [0.15, 0.2) is 5.34 Å². The third-order valence-electron chi connectivity index (χ3n) is 3.13. The maximum Gasteiger partial charge on any atom is 0.155 e. The van der Waals surface area contributed by atoms with Crippen LogP contribution in [-0.2, 0) is 4.84 Å². The van der Waals surface area contributed by atoms with Crippen LogP contribution in [-0.4, -0.2) is 81.7 Å². The van der Waals surface area contributed by atoms with Crippen molar-refractivity contribution in [3.63, 3.8) is 0 Å². The predicted molar refractivity (Wildman–Crippen MR) is 134 cm³/mol. The highest BCUT2D eigenvalue weighted by atomic mass is 16.7. The molecule has 0 aromatic rings. The molecule has 0 fully saturated rings. The van der Waals surface area contributed by atoms with Gasteiger partial charge in [0.1, 0.15) is 6.61 Å². The van der Waals surface area contributed by atoms with Crippen LogP contribution in [0.2, 0.25) is 79.0 Å². The van der Waals surface area contributed by atoms with E-state index in [-0.39, 0.29) is 5.11 Å². The van der Waals surface area contributed by atoms with E-state index >= 15 is 0 Å². The third-order valence-corrected chi connectivity index (χ3v) is 3.13. The minimum absolute atomic E-state index is 0.214. The fourth-order valence-corrected chi connectivity index (χ4v) is 1.47. The summed E-state index contributed by atoms with van der Waals surface area (Å²) in [6.07, 6.45) is 0. The first-order valence-corrected chi connectivity index (χ1v) is 8.65. The minimum atomic E-state index is -0.214. The second-order valence-corrected chi connectivity index (χ2v) is 3.90. The van der Waals surface area contributed by atoms with Gasteiger partial charge in [-0.25, -0.2) is 0 Å². The Balaban J connectivity index is -0.0000000575. The molecule has 0 spiro atoms. The zero-order chi connectivity index (χ0) is 22.4. The summed E-state index contributed by atoms with van der Waals surface area (Å²) in [5.41, 5.74) is 0.611. The smallest absolute Gasteiger partial charge is 0.155 e. The van der Waals surface area contributed by atoms with Crippen LogP contribution in [0.4, 0.5) is 0 Å². The predicted octanol–water partition coefficient (Wildman–Crippen LogP) is 2.77. The van der Waals surface area contributed by atoms with Gasteiger partial charge in [0.05, 0.1) is 75.1 Å². The lowest BCUT2D eigenvalue weighted by molar-refractivity contribution is 0.142. The van der Waals surface area contributed by atoms with Crippen LogP contribution in [0.15, 0.2) is 5.34 Å². The molecule has 0 aliphatic heterocycles. The zero-order valence-electron chi connectivity index (χ0n) is 18.8. The van der Waals surface area contributed by atoms with Gasteiger partial charge in [-0.3, -0.25) is 0 Å². The summed E-state index contributed by atoms with van der Waals surface area (Å²) in [6.45, 7) is 18.3. The molecule has 0 aliphatic carbocycles. The number of hydrogen-bond donors (Lipinski definition) is 0. The lowest BCUT2D eigenvalue weighted by Gasteiger charge is -2.26. The Kier molecular flexibility index (Phi) is 69.5. The first-order valence-electron chi connectivity index (χ1n) is 8.65. The molecule has 0 heterocycles. The zero-order valence-corrected chi connectivity index (χ0v) is 18.8. The van der Waals surface area contributed by atoms with E-state index in [0.29, 0.717) is 12.2 Å². The summed E-state index contributed by atoms with van der Waals surface area (Å²) in [6, 6.07) is 0. The number of nitrogens with zero attached hydrogens (tertiary/aromatic N) is 1. The molecular weight excluding hydrogens is 310 g/mol. The Labute approximate surface area is 175 Å². The molecule has 0 N–H and O–H groups in total. The van der Waals surface area contributed by atoms with Crippen LogP contribution in [0, 0.1) is 4.91 Å². The average Bonchev–Trinajstić information content (AvgIpc) is 2.77. The van der Waals surface area contributed by atoms with Gasteiger partial charge in [-0.2, -0.15) is 0 Å². The Morgan fingerprint density at radius 2 is 1.00 bits per heavy atom. The van der Waals surface area contributed by atoms with Crippen molar-refractivity contribution in [1.29, 1.82) is 0 Å². The van der Waals surface area contributed by atoms with Crippen LogP contribution in [0.25, 0.3) is 0 Å². The summed E-state index contributed by atoms with van der Waals surface area (Å²) >= 11 is 0. The van der Waals surface area contributed by atoms with Gasteiger partial charge in [0.25, 0.3) is 0 Å². The van der Waals surface area contributed by atoms with Gasteiger partial charge < -0.3 is 4.84 Å². The molecule has 0 amide bonds. The lowest BCUT2D eigenvalue weighted by Crippen LogP contribution is -2.33. The molecule has 0 unspecified atom stereocenters. The standard InChI is InChI=1S/C5H11B3NO2.C4H10B3.4CH3B/c1-6-5(7-2,8-3)4-11-9-10;1-5-4(6-2)7-3;4*1-2/h4H2,1-3H3;4H,1-3H3;4*1H3. The van der Waals surface area contributed by atoms with E-state index in [9.17, 15) is 4.91 Å². The summed E-state index contributed by atoms with van der Waals surface area (Å²) in [5, 5.41) is 2.14. The summed E-state index contributed by atoms with van der Waals surface area (Å²) in [4.78, 5) is 14.1. The highest BCUT2D eigenvalue weighted by Crippen LogP contribution is 2.21. The molecule has 14 radical (unpaired) electrons. The Hall–Kier alpha value is 0.0494. The maximum absolute atomic E-state index is 9.69. The van der Waals surface area contributed by atoms with Crippen LogP contribution in [0.3, 0.4) is 0 Å². The second-order valence-electron chi connectivity index (χ2n) is 3.90. The van der Waals surface area contributed by atoms with E-state index in [1.165, 1.54) is 27.3 Å². The molecule has 0 atom stereocenters. The van der Waals surface area contributed by atoms with Crippen LogP contribution in [0.5, 0.6) is 0 Å². The number of hydrogen-bond acceptors (Lipinski definition) is 3. The van der Waals surface area contributed by atoms with Crippen molar-refractivity contribution in [2.45, 2.75) is 79.0 Å². The molecule has 0 rings (SSSR count). The molecule has 13 heteroatoms. The summed E-state index contributed by atoms with van der Waals surface area (Å²) in [7, 11) is 30.4. The van der Waals surface area contributed by atoms with Gasteiger partial charge in [-0.05, 0) is 0 Å². The molecule has 0 saturated heterocycles. The van der Waals surface area contributed by atoms with Gasteiger partial charge in [-0.1, -0.05) is 73.3 Å². The first-order chi connectivity index (χ1) is 12.6. The molecule has 26 heavy (non-hydrogen) atoms. The normalized spacial score (nSPS) is 7.35. The highest BCUT2D eigenvalue weighted by Gasteiger charge is 2.26. The van der Waals surface area contributed by atoms with Crippen molar-refractivity contribution in [2.75, 3.05) is 6.61 Å². The molecule has 0 aliphatic rings. The van der Waals surface area contributed by atoms with Crippen LogP contribution >= 0.6 is 0 Å². The molecule has 132 valence electrons. The van der Waals surface area contributed by atoms with Crippen molar-refractivity contribution >= 4 is 75.1 Å². The lowest BCUT2D eigenvalue weighted by atomic mass is 9.22. The first kappa shape index (κ1) is 40.7. The Morgan fingerprint density at radius 1 is 0.731 bits per heavy atom. The van der Waals surface area contributed by atoms with Gasteiger partial charge in [0.2, 0.25) is 0 Å². The summed E-state index contributed by atoms with van der Waals surface area (Å²) in [5.74, 6) is 0. The van der Waals surface area contributed by atoms with Crippen LogP contribution in [0.1, 0.15) is 0 Å². The third kappa shape index (κ3) is 31.8. The molecule has 0 saturated carbocycles. The monoisotopic (exact) mass is 345 g/mol. The number of rotatable bonds is 9. The maximum atomic E-state index is 9.69. The Morgan fingerprint density at radius 3 is 1.12 bits per heavy atom. The molecule has 0 aromatic carbocycles. The van der Waals surface area contributed by atoms with E-state index in [1.54, 1.807) is 0 Å². The van der Waals surface area contributed by atoms with Gasteiger partial charge >= 0.3 is 0 Å². The summed E-state index contributed by atoms with van der Waals surface area (Å²) < 4.78 is 0. The molecule has 3 nitrogen and oxygen atoms in total. The van der Waals surface area contributed by atoms with Crippen molar-refractivity contribution in [2.24, 2.45) is 5.34 Å². The van der Waals surface area contributed by atoms with Gasteiger partial charge in [-0.15, -0.1) is 10.5 Å². The van der Waals surface area contributed by atoms with Gasteiger partial charge in [0, 0.05) is 0 Å². The molecule has 0 bridgehead atoms. The molecule has 0 aromatic heterocycles. The largest absolute Gasteiger partial charge is 0.366 e. The average molecular weight is 344 g/mol. The van der Waals surface area contributed by atoms with E-state index in [0.717, 1.165) is 0 Å².